The van der Waals surface area contributed by atoms with Crippen LogP contribution in [0.4, 0.5) is 0 Å². The van der Waals surface area contributed by atoms with Crippen LogP contribution >= 0.6 is 11.6 Å². The Morgan fingerprint density at radius 2 is 2.53 bits per heavy atom. The quantitative estimate of drug-likeness (QED) is 0.854. The first kappa shape index (κ1) is 12.8. The van der Waals surface area contributed by atoms with E-state index >= 15 is 0 Å². The zero-order valence-corrected chi connectivity index (χ0v) is 10.6. The molecule has 1 aliphatic heterocycles. The molecule has 2 N–H and O–H groups in total. The van der Waals surface area contributed by atoms with Gasteiger partial charge in [0, 0.05) is 38.5 Å². The molecule has 5 heteroatoms. The molecule has 0 radical (unpaired) electrons. The van der Waals surface area contributed by atoms with Gasteiger partial charge in [-0.25, -0.2) is 0 Å². The summed E-state index contributed by atoms with van der Waals surface area (Å²) in [5.74, 6) is 0. The second-order valence-electron chi connectivity index (χ2n) is 4.44. The van der Waals surface area contributed by atoms with E-state index < -0.39 is 5.60 Å². The standard InChI is InChI=1S/C12H17ClN2O2/c1-9-12(16,3-5-17-9)8-15-6-10-2-4-14-7-11(10)13/h2,4,7,9,15-16H,3,5-6,8H2,1H3. The highest BCUT2D eigenvalue weighted by Gasteiger charge is 2.38. The molecular weight excluding hydrogens is 240 g/mol. The Morgan fingerprint density at radius 1 is 1.71 bits per heavy atom. The van der Waals surface area contributed by atoms with Crippen molar-refractivity contribution in [3.05, 3.63) is 29.0 Å². The highest BCUT2D eigenvalue weighted by atomic mass is 35.5. The van der Waals surface area contributed by atoms with Crippen LogP contribution in [-0.4, -0.2) is 34.9 Å². The molecule has 1 aromatic heterocycles. The minimum Gasteiger partial charge on any atom is -0.386 e. The molecule has 4 nitrogen and oxygen atoms in total. The third-order valence-electron chi connectivity index (χ3n) is 3.26. The fourth-order valence-corrected chi connectivity index (χ4v) is 2.15. The van der Waals surface area contributed by atoms with Crippen molar-refractivity contribution in [2.45, 2.75) is 31.6 Å². The van der Waals surface area contributed by atoms with Crippen molar-refractivity contribution in [2.75, 3.05) is 13.2 Å². The molecular formula is C12H17ClN2O2. The van der Waals surface area contributed by atoms with Gasteiger partial charge in [0.25, 0.3) is 0 Å². The summed E-state index contributed by atoms with van der Waals surface area (Å²) in [7, 11) is 0. The normalized spacial score (nSPS) is 28.5. The van der Waals surface area contributed by atoms with E-state index in [2.05, 4.69) is 10.3 Å². The van der Waals surface area contributed by atoms with Crippen LogP contribution in [0.15, 0.2) is 18.5 Å². The van der Waals surface area contributed by atoms with Gasteiger partial charge in [0.2, 0.25) is 0 Å². The summed E-state index contributed by atoms with van der Waals surface area (Å²) < 4.78 is 5.37. The average molecular weight is 257 g/mol. The van der Waals surface area contributed by atoms with E-state index in [9.17, 15) is 5.11 Å². The predicted molar refractivity (Wildman–Crippen MR) is 65.9 cm³/mol. The maximum Gasteiger partial charge on any atom is 0.105 e. The lowest BCUT2D eigenvalue weighted by molar-refractivity contribution is -0.0262. The van der Waals surface area contributed by atoms with Crippen molar-refractivity contribution in [2.24, 2.45) is 0 Å². The van der Waals surface area contributed by atoms with Gasteiger partial charge >= 0.3 is 0 Å². The summed E-state index contributed by atoms with van der Waals surface area (Å²) in [5, 5.41) is 14.1. The average Bonchev–Trinajstić information content (AvgIpc) is 2.62. The van der Waals surface area contributed by atoms with E-state index in [0.29, 0.717) is 31.1 Å². The van der Waals surface area contributed by atoms with E-state index in [1.165, 1.54) is 0 Å². The Bertz CT molecular complexity index is 389. The first-order valence-corrected chi connectivity index (χ1v) is 6.13. The maximum absolute atomic E-state index is 10.3. The highest BCUT2D eigenvalue weighted by Crippen LogP contribution is 2.25. The zero-order chi connectivity index (χ0) is 12.3. The molecule has 0 bridgehead atoms. The van der Waals surface area contributed by atoms with E-state index in [1.807, 2.05) is 13.0 Å². The first-order chi connectivity index (χ1) is 8.12. The molecule has 2 rings (SSSR count). The Morgan fingerprint density at radius 3 is 3.18 bits per heavy atom. The number of halogens is 1. The molecule has 2 heterocycles. The number of nitrogens with one attached hydrogen (secondary N) is 1. The third kappa shape index (κ3) is 2.96. The molecule has 0 aliphatic carbocycles. The molecule has 2 unspecified atom stereocenters. The number of rotatable bonds is 4. The van der Waals surface area contributed by atoms with Gasteiger partial charge < -0.3 is 15.2 Å². The lowest BCUT2D eigenvalue weighted by atomic mass is 9.97. The minimum absolute atomic E-state index is 0.122. The van der Waals surface area contributed by atoms with Crippen LogP contribution in [0.2, 0.25) is 5.02 Å². The lowest BCUT2D eigenvalue weighted by Gasteiger charge is -2.26. The summed E-state index contributed by atoms with van der Waals surface area (Å²) in [6.45, 7) is 3.65. The van der Waals surface area contributed by atoms with E-state index in [4.69, 9.17) is 16.3 Å². The van der Waals surface area contributed by atoms with Gasteiger partial charge in [-0.2, -0.15) is 0 Å². The molecule has 1 fully saturated rings. The molecule has 0 amide bonds. The van der Waals surface area contributed by atoms with Crippen molar-refractivity contribution in [1.29, 1.82) is 0 Å². The van der Waals surface area contributed by atoms with Crippen molar-refractivity contribution in [3.8, 4) is 0 Å². The fraction of sp³-hybridized carbons (Fsp3) is 0.583. The number of ether oxygens (including phenoxy) is 1. The molecule has 0 saturated carbocycles. The second-order valence-corrected chi connectivity index (χ2v) is 4.84. The van der Waals surface area contributed by atoms with Gasteiger partial charge in [-0.1, -0.05) is 11.6 Å². The Hall–Kier alpha value is -0.680. The van der Waals surface area contributed by atoms with Gasteiger partial charge in [0.15, 0.2) is 0 Å². The molecule has 94 valence electrons. The SMILES string of the molecule is CC1OCCC1(O)CNCc1ccncc1Cl. The van der Waals surface area contributed by atoms with Gasteiger partial charge in [-0.3, -0.25) is 4.98 Å². The highest BCUT2D eigenvalue weighted by molar-refractivity contribution is 6.31. The van der Waals surface area contributed by atoms with Crippen molar-refractivity contribution >= 4 is 11.6 Å². The van der Waals surface area contributed by atoms with E-state index in [-0.39, 0.29) is 6.10 Å². The Labute approximate surface area is 106 Å². The molecule has 1 saturated heterocycles. The van der Waals surface area contributed by atoms with Gasteiger partial charge in [0.1, 0.15) is 5.60 Å². The van der Waals surface area contributed by atoms with Gasteiger partial charge in [-0.05, 0) is 18.6 Å². The van der Waals surface area contributed by atoms with Crippen LogP contribution in [-0.2, 0) is 11.3 Å². The topological polar surface area (TPSA) is 54.4 Å². The molecule has 17 heavy (non-hydrogen) atoms. The first-order valence-electron chi connectivity index (χ1n) is 5.75. The number of nitrogens with zero attached hydrogens (tertiary/aromatic N) is 1. The zero-order valence-electron chi connectivity index (χ0n) is 9.82. The third-order valence-corrected chi connectivity index (χ3v) is 3.60. The summed E-state index contributed by atoms with van der Waals surface area (Å²) >= 11 is 5.99. The summed E-state index contributed by atoms with van der Waals surface area (Å²) in [6, 6.07) is 1.87. The summed E-state index contributed by atoms with van der Waals surface area (Å²) in [6.07, 6.45) is 3.88. The van der Waals surface area contributed by atoms with Crippen molar-refractivity contribution in [3.63, 3.8) is 0 Å². The van der Waals surface area contributed by atoms with Gasteiger partial charge in [-0.15, -0.1) is 0 Å². The lowest BCUT2D eigenvalue weighted by Crippen LogP contribution is -2.45. The minimum atomic E-state index is -0.764. The Balaban J connectivity index is 1.86. The smallest absolute Gasteiger partial charge is 0.105 e. The summed E-state index contributed by atoms with van der Waals surface area (Å²) in [5.41, 5.74) is 0.219. The van der Waals surface area contributed by atoms with E-state index in [1.54, 1.807) is 12.4 Å². The largest absolute Gasteiger partial charge is 0.386 e. The van der Waals surface area contributed by atoms with Crippen LogP contribution in [0.1, 0.15) is 18.9 Å². The monoisotopic (exact) mass is 256 g/mol. The molecule has 2 atom stereocenters. The maximum atomic E-state index is 10.3. The van der Waals surface area contributed by atoms with Crippen LogP contribution in [0.5, 0.6) is 0 Å². The predicted octanol–water partition coefficient (Wildman–Crippen LogP) is 1.36. The van der Waals surface area contributed by atoms with E-state index in [0.717, 1.165) is 5.56 Å². The van der Waals surface area contributed by atoms with Crippen molar-refractivity contribution < 1.29 is 9.84 Å². The van der Waals surface area contributed by atoms with Crippen LogP contribution in [0, 0.1) is 0 Å². The second kappa shape index (κ2) is 5.31. The number of aliphatic hydroxyl groups is 1. The number of pyridine rings is 1. The molecule has 0 spiro atoms. The number of aromatic nitrogens is 1. The van der Waals surface area contributed by atoms with Crippen LogP contribution in [0.3, 0.4) is 0 Å². The van der Waals surface area contributed by atoms with Crippen molar-refractivity contribution in [1.82, 2.24) is 10.3 Å². The van der Waals surface area contributed by atoms with Crippen LogP contribution in [0.25, 0.3) is 0 Å². The van der Waals surface area contributed by atoms with Gasteiger partial charge in [0.05, 0.1) is 11.1 Å². The number of hydrogen-bond acceptors (Lipinski definition) is 4. The fourth-order valence-electron chi connectivity index (χ4n) is 1.96. The number of hydrogen-bond donors (Lipinski definition) is 2. The molecule has 1 aliphatic rings. The molecule has 1 aromatic rings. The summed E-state index contributed by atoms with van der Waals surface area (Å²) in [4.78, 5) is 3.93. The molecule has 0 aromatic carbocycles. The van der Waals surface area contributed by atoms with Crippen LogP contribution < -0.4 is 5.32 Å². The Kier molecular flexibility index (Phi) is 3.99.